The van der Waals surface area contributed by atoms with E-state index < -0.39 is 5.97 Å². The van der Waals surface area contributed by atoms with E-state index in [1.54, 1.807) is 25.1 Å². The number of rotatable bonds is 8. The first-order valence-corrected chi connectivity index (χ1v) is 9.79. The summed E-state index contributed by atoms with van der Waals surface area (Å²) in [5.41, 5.74) is 2.90. The van der Waals surface area contributed by atoms with Gasteiger partial charge in [0, 0.05) is 5.56 Å². The minimum atomic E-state index is -1.09. The van der Waals surface area contributed by atoms with Crippen LogP contribution in [-0.4, -0.2) is 16.2 Å². The van der Waals surface area contributed by atoms with E-state index >= 15 is 0 Å². The monoisotopic (exact) mass is 415 g/mol. The Kier molecular flexibility index (Phi) is 5.98. The van der Waals surface area contributed by atoms with Gasteiger partial charge >= 0.3 is 5.97 Å². The molecule has 0 unspecified atom stereocenters. The van der Waals surface area contributed by atoms with Crippen LogP contribution in [0.3, 0.4) is 0 Å². The minimum Gasteiger partial charge on any atom is -0.485 e. The molecule has 4 aromatic rings. The van der Waals surface area contributed by atoms with Gasteiger partial charge in [0.15, 0.2) is 11.5 Å². The molecule has 0 bridgehead atoms. The summed E-state index contributed by atoms with van der Waals surface area (Å²) in [5, 5.41) is 13.5. The van der Waals surface area contributed by atoms with Crippen LogP contribution in [0.1, 0.15) is 27.2 Å². The highest BCUT2D eigenvalue weighted by atomic mass is 16.5. The van der Waals surface area contributed by atoms with E-state index in [0.29, 0.717) is 30.3 Å². The molecule has 4 rings (SSSR count). The maximum Gasteiger partial charge on any atom is 0.341 e. The molecule has 0 amide bonds. The Hall–Kier alpha value is -4.06. The van der Waals surface area contributed by atoms with Gasteiger partial charge in [0.2, 0.25) is 0 Å². The predicted molar refractivity (Wildman–Crippen MR) is 115 cm³/mol. The Morgan fingerprint density at radius 3 is 2.03 bits per heavy atom. The molecule has 1 aromatic heterocycles. The van der Waals surface area contributed by atoms with Crippen LogP contribution in [0.4, 0.5) is 0 Å². The van der Waals surface area contributed by atoms with Gasteiger partial charge < -0.3 is 19.1 Å². The van der Waals surface area contributed by atoms with E-state index in [1.807, 2.05) is 60.7 Å². The fourth-order valence-electron chi connectivity index (χ4n) is 3.18. The summed E-state index contributed by atoms with van der Waals surface area (Å²) < 4.78 is 17.2. The van der Waals surface area contributed by atoms with Gasteiger partial charge in [0.1, 0.15) is 30.2 Å². The Balaban J connectivity index is 1.65. The molecule has 1 heterocycles. The van der Waals surface area contributed by atoms with Crippen LogP contribution in [0.2, 0.25) is 0 Å². The standard InChI is InChI=1S/C25H21NO5/c1-17-23(25(27)28)24(26-31-17)20-12-13-21(29-15-18-8-4-2-5-9-18)22(14-20)30-16-19-10-6-3-7-11-19/h2-14H,15-16H2,1H3,(H,27,28). The highest BCUT2D eigenvalue weighted by molar-refractivity contribution is 5.95. The molecule has 0 spiro atoms. The number of carboxylic acids is 1. The molecule has 1 N–H and O–H groups in total. The van der Waals surface area contributed by atoms with Crippen LogP contribution < -0.4 is 9.47 Å². The highest BCUT2D eigenvalue weighted by Crippen LogP contribution is 2.35. The van der Waals surface area contributed by atoms with Crippen molar-refractivity contribution in [2.24, 2.45) is 0 Å². The normalized spacial score (nSPS) is 10.6. The smallest absolute Gasteiger partial charge is 0.341 e. The van der Waals surface area contributed by atoms with Crippen molar-refractivity contribution in [2.75, 3.05) is 0 Å². The lowest BCUT2D eigenvalue weighted by molar-refractivity contribution is 0.0695. The molecule has 0 radical (unpaired) electrons. The van der Waals surface area contributed by atoms with Crippen LogP contribution in [0.15, 0.2) is 83.4 Å². The molecule has 0 atom stereocenters. The largest absolute Gasteiger partial charge is 0.485 e. The van der Waals surface area contributed by atoms with Gasteiger partial charge in [-0.25, -0.2) is 4.79 Å². The maximum absolute atomic E-state index is 11.6. The number of ether oxygens (including phenoxy) is 2. The number of hydrogen-bond acceptors (Lipinski definition) is 5. The van der Waals surface area contributed by atoms with Crippen molar-refractivity contribution < 1.29 is 23.9 Å². The molecule has 0 aliphatic heterocycles. The van der Waals surface area contributed by atoms with Crippen molar-refractivity contribution in [3.8, 4) is 22.8 Å². The molecular weight excluding hydrogens is 394 g/mol. The summed E-state index contributed by atoms with van der Waals surface area (Å²) in [6, 6.07) is 24.8. The first-order chi connectivity index (χ1) is 15.1. The number of benzene rings is 3. The van der Waals surface area contributed by atoms with Crippen molar-refractivity contribution in [3.63, 3.8) is 0 Å². The lowest BCUT2D eigenvalue weighted by atomic mass is 10.1. The fourth-order valence-corrected chi connectivity index (χ4v) is 3.18. The molecule has 0 fully saturated rings. The topological polar surface area (TPSA) is 81.8 Å². The number of carbonyl (C=O) groups is 1. The Bertz CT molecular complexity index is 1170. The number of aromatic nitrogens is 1. The number of nitrogens with zero attached hydrogens (tertiary/aromatic N) is 1. The molecule has 0 aliphatic carbocycles. The van der Waals surface area contributed by atoms with Gasteiger partial charge in [-0.15, -0.1) is 0 Å². The molecule has 31 heavy (non-hydrogen) atoms. The second kappa shape index (κ2) is 9.17. The second-order valence-corrected chi connectivity index (χ2v) is 6.98. The quantitative estimate of drug-likeness (QED) is 0.409. The van der Waals surface area contributed by atoms with Crippen LogP contribution >= 0.6 is 0 Å². The molecule has 6 nitrogen and oxygen atoms in total. The van der Waals surface area contributed by atoms with Crippen molar-refractivity contribution >= 4 is 5.97 Å². The van der Waals surface area contributed by atoms with Gasteiger partial charge in [0.05, 0.1) is 0 Å². The summed E-state index contributed by atoms with van der Waals surface area (Å²) in [5.74, 6) is 0.207. The van der Waals surface area contributed by atoms with E-state index in [-0.39, 0.29) is 17.0 Å². The molecule has 6 heteroatoms. The molecule has 3 aromatic carbocycles. The second-order valence-electron chi connectivity index (χ2n) is 6.98. The van der Waals surface area contributed by atoms with Crippen LogP contribution in [0.5, 0.6) is 11.5 Å². The van der Waals surface area contributed by atoms with Crippen molar-refractivity contribution in [1.82, 2.24) is 5.16 Å². The minimum absolute atomic E-state index is 0.0342. The first-order valence-electron chi connectivity index (χ1n) is 9.79. The van der Waals surface area contributed by atoms with Crippen molar-refractivity contribution in [3.05, 3.63) is 101 Å². The fraction of sp³-hybridized carbons (Fsp3) is 0.120. The first kappa shape index (κ1) is 20.2. The molecular formula is C25H21NO5. The zero-order valence-corrected chi connectivity index (χ0v) is 16.9. The Morgan fingerprint density at radius 1 is 0.871 bits per heavy atom. The average Bonchev–Trinajstić information content (AvgIpc) is 3.19. The molecule has 0 aliphatic rings. The third-order valence-corrected chi connectivity index (χ3v) is 4.77. The molecule has 156 valence electrons. The van der Waals surface area contributed by atoms with Crippen LogP contribution in [0, 0.1) is 6.92 Å². The van der Waals surface area contributed by atoms with E-state index in [0.717, 1.165) is 11.1 Å². The van der Waals surface area contributed by atoms with Crippen LogP contribution in [-0.2, 0) is 13.2 Å². The number of aromatic carboxylic acids is 1. The maximum atomic E-state index is 11.6. The molecule has 0 saturated heterocycles. The van der Waals surface area contributed by atoms with E-state index in [4.69, 9.17) is 14.0 Å². The summed E-state index contributed by atoms with van der Waals surface area (Å²) in [6.45, 7) is 2.30. The number of carboxylic acid groups (broad SMARTS) is 1. The van der Waals surface area contributed by atoms with E-state index in [9.17, 15) is 9.90 Å². The van der Waals surface area contributed by atoms with E-state index in [2.05, 4.69) is 5.16 Å². The summed E-state index contributed by atoms with van der Waals surface area (Å²) in [4.78, 5) is 11.6. The van der Waals surface area contributed by atoms with Crippen molar-refractivity contribution in [2.45, 2.75) is 20.1 Å². The lowest BCUT2D eigenvalue weighted by Gasteiger charge is -2.14. The Labute approximate surface area is 179 Å². The van der Waals surface area contributed by atoms with Crippen molar-refractivity contribution in [1.29, 1.82) is 0 Å². The summed E-state index contributed by atoms with van der Waals surface area (Å²) >= 11 is 0. The molecule has 0 saturated carbocycles. The number of aryl methyl sites for hydroxylation is 1. The predicted octanol–water partition coefficient (Wildman–Crippen LogP) is 5.51. The van der Waals surface area contributed by atoms with Gasteiger partial charge in [0.25, 0.3) is 0 Å². The SMILES string of the molecule is Cc1onc(-c2ccc(OCc3ccccc3)c(OCc3ccccc3)c2)c1C(=O)O. The van der Waals surface area contributed by atoms with Gasteiger partial charge in [-0.1, -0.05) is 65.8 Å². The third kappa shape index (κ3) is 4.75. The van der Waals surface area contributed by atoms with E-state index in [1.165, 1.54) is 0 Å². The average molecular weight is 415 g/mol. The van der Waals surface area contributed by atoms with Gasteiger partial charge in [-0.05, 0) is 36.2 Å². The lowest BCUT2D eigenvalue weighted by Crippen LogP contribution is -2.02. The van der Waals surface area contributed by atoms with Gasteiger partial charge in [-0.2, -0.15) is 0 Å². The number of hydrogen-bond donors (Lipinski definition) is 1. The van der Waals surface area contributed by atoms with Crippen LogP contribution in [0.25, 0.3) is 11.3 Å². The summed E-state index contributed by atoms with van der Waals surface area (Å²) in [7, 11) is 0. The Morgan fingerprint density at radius 2 is 1.45 bits per heavy atom. The summed E-state index contributed by atoms with van der Waals surface area (Å²) in [6.07, 6.45) is 0. The highest BCUT2D eigenvalue weighted by Gasteiger charge is 2.22. The third-order valence-electron chi connectivity index (χ3n) is 4.77. The van der Waals surface area contributed by atoms with Gasteiger partial charge in [-0.3, -0.25) is 0 Å². The zero-order chi connectivity index (χ0) is 21.6. The zero-order valence-electron chi connectivity index (χ0n) is 16.9.